The molecule has 2 atom stereocenters. The molecule has 6 nitrogen and oxygen atoms in total. The van der Waals surface area contributed by atoms with Crippen LogP contribution in [0.4, 0.5) is 5.69 Å². The van der Waals surface area contributed by atoms with Crippen LogP contribution in [0.15, 0.2) is 89.5 Å². The van der Waals surface area contributed by atoms with E-state index in [1.54, 1.807) is 24.4 Å². The molecule has 0 bridgehead atoms. The van der Waals surface area contributed by atoms with Crippen LogP contribution in [0.5, 0.6) is 0 Å². The molecule has 0 unspecified atom stereocenters. The number of hydrogen-bond acceptors (Lipinski definition) is 4. The molecule has 176 valence electrons. The van der Waals surface area contributed by atoms with Gasteiger partial charge < -0.3 is 19.7 Å². The van der Waals surface area contributed by atoms with Crippen molar-refractivity contribution in [2.75, 3.05) is 4.90 Å². The van der Waals surface area contributed by atoms with E-state index < -0.39 is 5.97 Å². The second-order valence-electron chi connectivity index (χ2n) is 8.83. The molecule has 4 aromatic rings. The van der Waals surface area contributed by atoms with E-state index in [1.807, 2.05) is 36.4 Å². The fourth-order valence-electron chi connectivity index (χ4n) is 4.41. The zero-order valence-electron chi connectivity index (χ0n) is 19.4. The van der Waals surface area contributed by atoms with Crippen molar-refractivity contribution in [3.63, 3.8) is 0 Å². The second-order valence-corrected chi connectivity index (χ2v) is 9.22. The number of carbonyl (C=O) groups is 1. The molecule has 2 N–H and O–H groups in total. The number of nitrogens with zero attached hydrogens (tertiary/aromatic N) is 2. The molecule has 0 saturated carbocycles. The van der Waals surface area contributed by atoms with E-state index in [2.05, 4.69) is 53.3 Å². The fraction of sp³-hybridized carbons (Fsp3) is 0.179. The van der Waals surface area contributed by atoms with Gasteiger partial charge in [0.15, 0.2) is 5.11 Å². The van der Waals surface area contributed by atoms with Gasteiger partial charge in [-0.1, -0.05) is 44.2 Å². The predicted octanol–water partition coefficient (Wildman–Crippen LogP) is 6.34. The summed E-state index contributed by atoms with van der Waals surface area (Å²) < 4.78 is 6.34. The Balaban J connectivity index is 1.57. The number of carboxylic acids is 1. The van der Waals surface area contributed by atoms with E-state index in [4.69, 9.17) is 16.6 Å². The third-order valence-electron chi connectivity index (χ3n) is 6.25. The molecule has 1 saturated heterocycles. The van der Waals surface area contributed by atoms with Crippen LogP contribution < -0.4 is 10.2 Å². The van der Waals surface area contributed by atoms with Crippen LogP contribution in [0, 0.1) is 0 Å². The molecule has 0 amide bonds. The highest BCUT2D eigenvalue weighted by Crippen LogP contribution is 2.43. The summed E-state index contributed by atoms with van der Waals surface area (Å²) in [6.45, 7) is 4.33. The number of hydrogen-bond donors (Lipinski definition) is 2. The Morgan fingerprint density at radius 2 is 1.86 bits per heavy atom. The van der Waals surface area contributed by atoms with Crippen LogP contribution >= 0.6 is 12.2 Å². The lowest BCUT2D eigenvalue weighted by Crippen LogP contribution is -2.29. The van der Waals surface area contributed by atoms with Gasteiger partial charge in [-0.05, 0) is 72.2 Å². The van der Waals surface area contributed by atoms with E-state index in [0.29, 0.717) is 28.1 Å². The lowest BCUT2D eigenvalue weighted by Gasteiger charge is -2.26. The number of nitrogens with one attached hydrogen (secondary N) is 1. The summed E-state index contributed by atoms with van der Waals surface area (Å²) in [5.74, 6) is 0.752. The summed E-state index contributed by atoms with van der Waals surface area (Å²) in [7, 11) is 0. The maximum absolute atomic E-state index is 11.4. The number of thiocarbonyl (C=S) groups is 1. The minimum absolute atomic E-state index is 0.211. The number of aromatic carboxylic acids is 1. The van der Waals surface area contributed by atoms with Gasteiger partial charge in [0.2, 0.25) is 0 Å². The third-order valence-corrected chi connectivity index (χ3v) is 6.56. The number of furan rings is 1. The van der Waals surface area contributed by atoms with Crippen molar-refractivity contribution in [1.82, 2.24) is 10.3 Å². The van der Waals surface area contributed by atoms with Crippen molar-refractivity contribution in [2.24, 2.45) is 0 Å². The number of anilines is 1. The van der Waals surface area contributed by atoms with Gasteiger partial charge in [0.1, 0.15) is 17.6 Å². The fourth-order valence-corrected chi connectivity index (χ4v) is 4.76. The van der Waals surface area contributed by atoms with Gasteiger partial charge >= 0.3 is 5.97 Å². The van der Waals surface area contributed by atoms with Crippen LogP contribution in [0.1, 0.15) is 59.2 Å². The molecule has 0 spiro atoms. The van der Waals surface area contributed by atoms with E-state index in [9.17, 15) is 9.90 Å². The van der Waals surface area contributed by atoms with Gasteiger partial charge in [-0.3, -0.25) is 4.98 Å². The lowest BCUT2D eigenvalue weighted by atomic mass is 10.0. The Morgan fingerprint density at radius 1 is 1.06 bits per heavy atom. The Hall–Kier alpha value is -3.97. The van der Waals surface area contributed by atoms with Gasteiger partial charge in [0.05, 0.1) is 17.3 Å². The zero-order valence-corrected chi connectivity index (χ0v) is 20.2. The molecule has 3 heterocycles. The average Bonchev–Trinajstić information content (AvgIpc) is 3.49. The Bertz CT molecular complexity index is 1370. The molecular weight excluding hydrogens is 458 g/mol. The van der Waals surface area contributed by atoms with Crippen LogP contribution in [0.25, 0.3) is 11.3 Å². The van der Waals surface area contributed by atoms with Crippen molar-refractivity contribution < 1.29 is 14.3 Å². The quantitative estimate of drug-likeness (QED) is 0.310. The summed E-state index contributed by atoms with van der Waals surface area (Å²) in [4.78, 5) is 18.1. The summed E-state index contributed by atoms with van der Waals surface area (Å²) in [5, 5.41) is 13.4. The zero-order chi connectivity index (χ0) is 24.5. The van der Waals surface area contributed by atoms with Crippen LogP contribution in [0.3, 0.4) is 0 Å². The van der Waals surface area contributed by atoms with Crippen molar-refractivity contribution in [1.29, 1.82) is 0 Å². The highest BCUT2D eigenvalue weighted by molar-refractivity contribution is 7.80. The van der Waals surface area contributed by atoms with Gasteiger partial charge in [-0.15, -0.1) is 0 Å². The Labute approximate surface area is 209 Å². The normalized spacial score (nSPS) is 17.6. The summed E-state index contributed by atoms with van der Waals surface area (Å²) in [6.07, 6.45) is 1.77. The van der Waals surface area contributed by atoms with Crippen LogP contribution in [-0.4, -0.2) is 21.2 Å². The average molecular weight is 484 g/mol. The molecule has 7 heteroatoms. The van der Waals surface area contributed by atoms with Crippen molar-refractivity contribution in [2.45, 2.75) is 31.8 Å². The standard InChI is InChI=1S/C28H25N3O3S/c1-17(2)18-9-11-21(12-10-18)31-26(25(30-28(31)35)22-8-3-4-15-29-22)24-14-13-23(34-24)19-6-5-7-20(16-19)27(32)33/h3-17,25-26H,1-2H3,(H,30,35)(H,32,33)/t25-,26-/m0/s1. The van der Waals surface area contributed by atoms with E-state index >= 15 is 0 Å². The maximum atomic E-state index is 11.4. The van der Waals surface area contributed by atoms with E-state index in [0.717, 1.165) is 11.4 Å². The molecule has 1 fully saturated rings. The summed E-state index contributed by atoms with van der Waals surface area (Å²) in [6, 6.07) is 24.2. The highest BCUT2D eigenvalue weighted by Gasteiger charge is 2.42. The SMILES string of the molecule is CC(C)c1ccc(N2C(=S)N[C@@H](c3ccccn3)[C@@H]2c2ccc(-c3cccc(C(=O)O)c3)o2)cc1. The smallest absolute Gasteiger partial charge is 0.335 e. The predicted molar refractivity (Wildman–Crippen MR) is 140 cm³/mol. The lowest BCUT2D eigenvalue weighted by molar-refractivity contribution is 0.0697. The molecule has 35 heavy (non-hydrogen) atoms. The highest BCUT2D eigenvalue weighted by atomic mass is 32.1. The molecular formula is C28H25N3O3S. The second kappa shape index (κ2) is 9.35. The van der Waals surface area contributed by atoms with Gasteiger partial charge in [-0.25, -0.2) is 4.79 Å². The minimum Gasteiger partial charge on any atom is -0.478 e. The molecule has 2 aromatic heterocycles. The monoisotopic (exact) mass is 483 g/mol. The van der Waals surface area contributed by atoms with Crippen molar-refractivity contribution in [3.05, 3.63) is 108 Å². The minimum atomic E-state index is -0.977. The molecule has 1 aliphatic heterocycles. The number of pyridine rings is 1. The van der Waals surface area contributed by atoms with Gasteiger partial charge in [0, 0.05) is 17.4 Å². The molecule has 2 aromatic carbocycles. The first-order valence-electron chi connectivity index (χ1n) is 11.5. The van der Waals surface area contributed by atoms with Crippen LogP contribution in [0.2, 0.25) is 0 Å². The number of rotatable bonds is 6. The molecule has 5 rings (SSSR count). The van der Waals surface area contributed by atoms with E-state index in [1.165, 1.54) is 5.56 Å². The van der Waals surface area contributed by atoms with E-state index in [-0.39, 0.29) is 17.6 Å². The number of aromatic nitrogens is 1. The number of carboxylic acid groups (broad SMARTS) is 1. The topological polar surface area (TPSA) is 78.6 Å². The maximum Gasteiger partial charge on any atom is 0.335 e. The Kier molecular flexibility index (Phi) is 6.09. The first-order valence-corrected chi connectivity index (χ1v) is 11.9. The third kappa shape index (κ3) is 4.42. The molecule has 0 radical (unpaired) electrons. The van der Waals surface area contributed by atoms with Crippen molar-refractivity contribution in [3.8, 4) is 11.3 Å². The van der Waals surface area contributed by atoms with Crippen LogP contribution in [-0.2, 0) is 0 Å². The molecule has 1 aliphatic rings. The van der Waals surface area contributed by atoms with Gasteiger partial charge in [-0.2, -0.15) is 0 Å². The largest absolute Gasteiger partial charge is 0.478 e. The first-order chi connectivity index (χ1) is 16.9. The first kappa shape index (κ1) is 22.8. The summed E-state index contributed by atoms with van der Waals surface area (Å²) in [5.41, 5.74) is 3.98. The summed E-state index contributed by atoms with van der Waals surface area (Å²) >= 11 is 5.79. The van der Waals surface area contributed by atoms with Gasteiger partial charge in [0.25, 0.3) is 0 Å². The van der Waals surface area contributed by atoms with Crippen molar-refractivity contribution >= 4 is 29.0 Å². The Morgan fingerprint density at radius 3 is 2.54 bits per heavy atom. The molecule has 0 aliphatic carbocycles. The number of benzene rings is 2.